The van der Waals surface area contributed by atoms with Gasteiger partial charge in [-0.2, -0.15) is 0 Å². The van der Waals surface area contributed by atoms with Gasteiger partial charge in [0.1, 0.15) is 0 Å². The summed E-state index contributed by atoms with van der Waals surface area (Å²) in [7, 11) is -3.79. The first kappa shape index (κ1) is 18.8. The van der Waals surface area contributed by atoms with Gasteiger partial charge in [0.25, 0.3) is 10.0 Å². The zero-order valence-electron chi connectivity index (χ0n) is 15.8. The minimum absolute atomic E-state index is 0.0843. The molecule has 0 spiro atoms. The summed E-state index contributed by atoms with van der Waals surface area (Å²) in [4.78, 5) is 20.3. The monoisotopic (exact) mass is 406 g/mol. The van der Waals surface area contributed by atoms with Crippen molar-refractivity contribution in [3.63, 3.8) is 0 Å². The Bertz CT molecular complexity index is 1330. The number of hydrogen-bond acceptors (Lipinski definition) is 5. The fraction of sp³-hybridized carbons (Fsp3) is 0.0952. The third-order valence-electron chi connectivity index (χ3n) is 4.60. The van der Waals surface area contributed by atoms with Crippen molar-refractivity contribution in [2.24, 2.45) is 0 Å². The Kier molecular flexibility index (Phi) is 4.63. The number of nitrogens with zero attached hydrogens (tertiary/aromatic N) is 3. The van der Waals surface area contributed by atoms with Crippen LogP contribution in [0.1, 0.15) is 23.0 Å². The first-order chi connectivity index (χ1) is 13.8. The standard InChI is InChI=1S/C21H18N4O3S/c1-14-20(23-21-22-11-4-12-25(14)21)17-5-3-6-18(13-17)24-29(27,28)19-9-7-16(8-10-19)15(2)26/h3-13,24H,1-2H3. The number of ketones is 1. The van der Waals surface area contributed by atoms with Gasteiger partial charge in [0.2, 0.25) is 5.78 Å². The van der Waals surface area contributed by atoms with Crippen LogP contribution < -0.4 is 4.72 Å². The molecule has 0 unspecified atom stereocenters. The number of rotatable bonds is 5. The average molecular weight is 406 g/mol. The molecule has 7 nitrogen and oxygen atoms in total. The Hall–Kier alpha value is -3.52. The highest BCUT2D eigenvalue weighted by molar-refractivity contribution is 7.92. The summed E-state index contributed by atoms with van der Waals surface area (Å²) in [5.41, 5.74) is 3.30. The molecule has 0 aliphatic rings. The number of anilines is 1. The maximum Gasteiger partial charge on any atom is 0.261 e. The van der Waals surface area contributed by atoms with Gasteiger partial charge in [-0.1, -0.05) is 24.3 Å². The minimum Gasteiger partial charge on any atom is -0.295 e. The smallest absolute Gasteiger partial charge is 0.261 e. The van der Waals surface area contributed by atoms with Crippen LogP contribution in [0.15, 0.2) is 71.9 Å². The Morgan fingerprint density at radius 3 is 2.52 bits per heavy atom. The highest BCUT2D eigenvalue weighted by Crippen LogP contribution is 2.26. The molecule has 0 bridgehead atoms. The van der Waals surface area contributed by atoms with Crippen LogP contribution in [0.25, 0.3) is 17.0 Å². The normalized spacial score (nSPS) is 11.5. The van der Waals surface area contributed by atoms with Crippen LogP contribution >= 0.6 is 0 Å². The van der Waals surface area contributed by atoms with E-state index in [9.17, 15) is 13.2 Å². The molecule has 4 aromatic rings. The van der Waals surface area contributed by atoms with E-state index >= 15 is 0 Å². The number of Topliss-reactive ketones (excluding diaryl/α,β-unsaturated/α-hetero) is 1. The number of sulfonamides is 1. The second-order valence-electron chi connectivity index (χ2n) is 6.60. The summed E-state index contributed by atoms with van der Waals surface area (Å²) in [6.45, 7) is 3.37. The van der Waals surface area contributed by atoms with Crippen LogP contribution in [0.4, 0.5) is 5.69 Å². The van der Waals surface area contributed by atoms with Crippen LogP contribution in [0, 0.1) is 6.92 Å². The number of benzene rings is 2. The molecule has 0 fully saturated rings. The van der Waals surface area contributed by atoms with Crippen molar-refractivity contribution < 1.29 is 13.2 Å². The quantitative estimate of drug-likeness (QED) is 0.510. The number of imidazole rings is 1. The fourth-order valence-electron chi connectivity index (χ4n) is 3.09. The number of hydrogen-bond donors (Lipinski definition) is 1. The molecule has 0 aliphatic carbocycles. The van der Waals surface area contributed by atoms with E-state index in [2.05, 4.69) is 14.7 Å². The molecule has 8 heteroatoms. The minimum atomic E-state index is -3.79. The molecule has 4 rings (SSSR count). The van der Waals surface area contributed by atoms with E-state index in [-0.39, 0.29) is 10.7 Å². The van der Waals surface area contributed by atoms with E-state index in [1.165, 1.54) is 31.2 Å². The molecule has 2 heterocycles. The van der Waals surface area contributed by atoms with Gasteiger partial charge in [-0.15, -0.1) is 0 Å². The third-order valence-corrected chi connectivity index (χ3v) is 6.00. The molecule has 0 aliphatic heterocycles. The number of fused-ring (bicyclic) bond motifs is 1. The number of aryl methyl sites for hydroxylation is 1. The van der Waals surface area contributed by atoms with Crippen molar-refractivity contribution in [1.82, 2.24) is 14.4 Å². The zero-order valence-corrected chi connectivity index (χ0v) is 16.6. The molecule has 0 radical (unpaired) electrons. The second kappa shape index (κ2) is 7.14. The predicted octanol–water partition coefficient (Wildman–Crippen LogP) is 3.71. The first-order valence-corrected chi connectivity index (χ1v) is 10.4. The SMILES string of the molecule is CC(=O)c1ccc(S(=O)(=O)Nc2cccc(-c3nc4ncccn4c3C)c2)cc1. The summed E-state index contributed by atoms with van der Waals surface area (Å²) in [5.74, 6) is 0.462. The van der Waals surface area contributed by atoms with Crippen molar-refractivity contribution >= 4 is 27.3 Å². The molecule has 2 aromatic heterocycles. The maximum absolute atomic E-state index is 12.7. The lowest BCUT2D eigenvalue weighted by Gasteiger charge is -2.10. The van der Waals surface area contributed by atoms with Crippen molar-refractivity contribution in [3.05, 3.63) is 78.2 Å². The Labute approximate surface area is 168 Å². The van der Waals surface area contributed by atoms with Gasteiger partial charge in [-0.05, 0) is 44.2 Å². The molecular formula is C21H18N4O3S. The fourth-order valence-corrected chi connectivity index (χ4v) is 4.14. The molecule has 2 aromatic carbocycles. The molecule has 0 saturated carbocycles. The van der Waals surface area contributed by atoms with Crippen molar-refractivity contribution in [1.29, 1.82) is 0 Å². The number of nitrogens with one attached hydrogen (secondary N) is 1. The van der Waals surface area contributed by atoms with Crippen LogP contribution in [0.3, 0.4) is 0 Å². The summed E-state index contributed by atoms with van der Waals surface area (Å²) >= 11 is 0. The van der Waals surface area contributed by atoms with Gasteiger partial charge in [0.05, 0.1) is 10.6 Å². The summed E-state index contributed by atoms with van der Waals surface area (Å²) in [5, 5.41) is 0. The second-order valence-corrected chi connectivity index (χ2v) is 8.28. The van der Waals surface area contributed by atoms with Crippen LogP contribution in [0.2, 0.25) is 0 Å². The first-order valence-electron chi connectivity index (χ1n) is 8.89. The van der Waals surface area contributed by atoms with E-state index in [4.69, 9.17) is 0 Å². The molecule has 0 amide bonds. The lowest BCUT2D eigenvalue weighted by atomic mass is 10.1. The van der Waals surface area contributed by atoms with Crippen LogP contribution in [-0.4, -0.2) is 28.6 Å². The molecule has 0 saturated heterocycles. The van der Waals surface area contributed by atoms with E-state index in [0.717, 1.165) is 17.0 Å². The molecule has 0 atom stereocenters. The Morgan fingerprint density at radius 1 is 1.07 bits per heavy atom. The van der Waals surface area contributed by atoms with E-state index < -0.39 is 10.0 Å². The third kappa shape index (κ3) is 3.62. The van der Waals surface area contributed by atoms with Crippen LogP contribution in [-0.2, 0) is 10.0 Å². The summed E-state index contributed by atoms with van der Waals surface area (Å²) in [6, 6.07) is 14.7. The van der Waals surface area contributed by atoms with Crippen molar-refractivity contribution in [2.75, 3.05) is 4.72 Å². The molecule has 146 valence electrons. The van der Waals surface area contributed by atoms with Gasteiger partial charge in [0.15, 0.2) is 5.78 Å². The number of carbonyl (C=O) groups is 1. The lowest BCUT2D eigenvalue weighted by Crippen LogP contribution is -2.13. The van der Waals surface area contributed by atoms with E-state index in [0.29, 0.717) is 17.0 Å². The van der Waals surface area contributed by atoms with Gasteiger partial charge in [0, 0.05) is 34.9 Å². The van der Waals surface area contributed by atoms with Gasteiger partial charge >= 0.3 is 0 Å². The largest absolute Gasteiger partial charge is 0.295 e. The maximum atomic E-state index is 12.7. The predicted molar refractivity (Wildman–Crippen MR) is 110 cm³/mol. The van der Waals surface area contributed by atoms with Crippen molar-refractivity contribution in [2.45, 2.75) is 18.7 Å². The van der Waals surface area contributed by atoms with Gasteiger partial charge in [-0.3, -0.25) is 13.9 Å². The summed E-state index contributed by atoms with van der Waals surface area (Å²) in [6.07, 6.45) is 3.55. The Balaban J connectivity index is 1.66. The van der Waals surface area contributed by atoms with Crippen LogP contribution in [0.5, 0.6) is 0 Å². The Morgan fingerprint density at radius 2 is 1.83 bits per heavy atom. The average Bonchev–Trinajstić information content (AvgIpc) is 3.05. The topological polar surface area (TPSA) is 93.4 Å². The van der Waals surface area contributed by atoms with Gasteiger partial charge < -0.3 is 0 Å². The molecule has 1 N–H and O–H groups in total. The summed E-state index contributed by atoms with van der Waals surface area (Å²) < 4.78 is 29.9. The lowest BCUT2D eigenvalue weighted by molar-refractivity contribution is 0.101. The highest BCUT2D eigenvalue weighted by atomic mass is 32.2. The van der Waals surface area contributed by atoms with Gasteiger partial charge in [-0.25, -0.2) is 18.4 Å². The van der Waals surface area contributed by atoms with Crippen molar-refractivity contribution in [3.8, 4) is 11.3 Å². The highest BCUT2D eigenvalue weighted by Gasteiger charge is 2.16. The zero-order chi connectivity index (χ0) is 20.6. The van der Waals surface area contributed by atoms with E-state index in [1.807, 2.05) is 29.7 Å². The number of aromatic nitrogens is 3. The number of carbonyl (C=O) groups excluding carboxylic acids is 1. The molecular weight excluding hydrogens is 388 g/mol. The van der Waals surface area contributed by atoms with E-state index in [1.54, 1.807) is 24.4 Å². The molecule has 29 heavy (non-hydrogen) atoms.